The molecule has 0 unspecified atom stereocenters. The van der Waals surface area contributed by atoms with Crippen LogP contribution in [-0.2, 0) is 11.3 Å². The monoisotopic (exact) mass is 306 g/mol. The summed E-state index contributed by atoms with van der Waals surface area (Å²) in [5.41, 5.74) is 0.881. The number of carboxylic acids is 1. The van der Waals surface area contributed by atoms with Gasteiger partial charge >= 0.3 is 11.9 Å². The van der Waals surface area contributed by atoms with Crippen molar-refractivity contribution in [1.29, 1.82) is 0 Å². The Hall–Kier alpha value is -3.14. The van der Waals surface area contributed by atoms with E-state index >= 15 is 0 Å². The average Bonchev–Trinajstić information content (AvgIpc) is 2.59. The van der Waals surface area contributed by atoms with Crippen LogP contribution in [0.15, 0.2) is 66.7 Å². The predicted octanol–water partition coefficient (Wildman–Crippen LogP) is 3.90. The second-order valence-electron chi connectivity index (χ2n) is 5.08. The van der Waals surface area contributed by atoms with Crippen LogP contribution in [0.1, 0.15) is 26.3 Å². The number of hydrogen-bond acceptors (Lipinski definition) is 3. The van der Waals surface area contributed by atoms with Crippen LogP contribution < -0.4 is 0 Å². The van der Waals surface area contributed by atoms with Gasteiger partial charge in [0, 0.05) is 0 Å². The van der Waals surface area contributed by atoms with Gasteiger partial charge in [0.15, 0.2) is 0 Å². The molecule has 3 rings (SSSR count). The second-order valence-corrected chi connectivity index (χ2v) is 5.08. The van der Waals surface area contributed by atoms with Crippen LogP contribution in [0.4, 0.5) is 0 Å². The Bertz CT molecular complexity index is 869. The van der Waals surface area contributed by atoms with Crippen LogP contribution in [0.5, 0.6) is 0 Å². The third-order valence-corrected chi connectivity index (χ3v) is 3.58. The number of benzene rings is 3. The third-order valence-electron chi connectivity index (χ3n) is 3.58. The molecule has 0 spiro atoms. The van der Waals surface area contributed by atoms with Crippen molar-refractivity contribution in [2.75, 3.05) is 0 Å². The quantitative estimate of drug-likeness (QED) is 0.743. The fourth-order valence-electron chi connectivity index (χ4n) is 2.46. The number of carbonyl (C=O) groups is 2. The Morgan fingerprint density at radius 1 is 0.870 bits per heavy atom. The van der Waals surface area contributed by atoms with Crippen molar-refractivity contribution in [2.24, 2.45) is 0 Å². The summed E-state index contributed by atoms with van der Waals surface area (Å²) in [5, 5.41) is 10.7. The molecule has 3 aromatic rings. The van der Waals surface area contributed by atoms with Gasteiger partial charge in [-0.25, -0.2) is 9.59 Å². The number of hydrogen-bond donors (Lipinski definition) is 1. The van der Waals surface area contributed by atoms with Gasteiger partial charge in [-0.1, -0.05) is 60.7 Å². The number of carbonyl (C=O) groups excluding carboxylic acids is 1. The van der Waals surface area contributed by atoms with Gasteiger partial charge in [0.25, 0.3) is 0 Å². The van der Waals surface area contributed by atoms with Crippen LogP contribution in [0.3, 0.4) is 0 Å². The van der Waals surface area contributed by atoms with Crippen LogP contribution >= 0.6 is 0 Å². The van der Waals surface area contributed by atoms with E-state index in [0.717, 1.165) is 10.9 Å². The molecule has 0 aliphatic rings. The zero-order valence-electron chi connectivity index (χ0n) is 12.2. The van der Waals surface area contributed by atoms with E-state index in [2.05, 4.69) is 0 Å². The fourth-order valence-corrected chi connectivity index (χ4v) is 2.46. The van der Waals surface area contributed by atoms with Crippen LogP contribution in [0, 0.1) is 0 Å². The maximum Gasteiger partial charge on any atom is 0.339 e. The zero-order valence-corrected chi connectivity index (χ0v) is 12.2. The Morgan fingerprint density at radius 3 is 2.30 bits per heavy atom. The molecule has 0 aliphatic carbocycles. The highest BCUT2D eigenvalue weighted by Crippen LogP contribution is 2.24. The van der Waals surface area contributed by atoms with Gasteiger partial charge in [-0.15, -0.1) is 0 Å². The highest BCUT2D eigenvalue weighted by molar-refractivity contribution is 6.12. The number of esters is 1. The first-order valence-electron chi connectivity index (χ1n) is 7.13. The minimum atomic E-state index is -1.15. The van der Waals surface area contributed by atoms with E-state index in [-0.39, 0.29) is 17.7 Å². The van der Waals surface area contributed by atoms with E-state index in [1.165, 1.54) is 6.07 Å². The number of fused-ring (bicyclic) bond motifs is 1. The van der Waals surface area contributed by atoms with Crippen molar-refractivity contribution in [1.82, 2.24) is 0 Å². The molecule has 0 fully saturated rings. The molecular weight excluding hydrogens is 292 g/mol. The Labute approximate surface area is 132 Å². The van der Waals surface area contributed by atoms with E-state index < -0.39 is 11.9 Å². The predicted molar refractivity (Wildman–Crippen MR) is 86.5 cm³/mol. The van der Waals surface area contributed by atoms with Crippen LogP contribution in [0.25, 0.3) is 10.8 Å². The molecule has 0 atom stereocenters. The third kappa shape index (κ3) is 3.06. The lowest BCUT2D eigenvalue weighted by atomic mass is 9.99. The van der Waals surface area contributed by atoms with E-state index in [0.29, 0.717) is 5.39 Å². The van der Waals surface area contributed by atoms with E-state index in [1.54, 1.807) is 18.2 Å². The van der Waals surface area contributed by atoms with Gasteiger partial charge in [-0.3, -0.25) is 0 Å². The lowest BCUT2D eigenvalue weighted by molar-refractivity contribution is 0.0466. The van der Waals surface area contributed by atoms with Gasteiger partial charge in [-0.05, 0) is 22.4 Å². The maximum absolute atomic E-state index is 12.5. The molecular formula is C19H14O4. The summed E-state index contributed by atoms with van der Waals surface area (Å²) < 4.78 is 5.31. The van der Waals surface area contributed by atoms with Gasteiger partial charge in [0.1, 0.15) is 6.61 Å². The summed E-state index contributed by atoms with van der Waals surface area (Å²) in [7, 11) is 0. The van der Waals surface area contributed by atoms with Crippen LogP contribution in [-0.4, -0.2) is 17.0 Å². The number of rotatable bonds is 4. The maximum atomic E-state index is 12.5. The van der Waals surface area contributed by atoms with Crippen molar-refractivity contribution in [2.45, 2.75) is 6.61 Å². The Morgan fingerprint density at radius 2 is 1.57 bits per heavy atom. The van der Waals surface area contributed by atoms with Gasteiger partial charge in [-0.2, -0.15) is 0 Å². The first-order valence-corrected chi connectivity index (χ1v) is 7.13. The summed E-state index contributed by atoms with van der Waals surface area (Å²) in [5.74, 6) is -1.79. The van der Waals surface area contributed by atoms with Crippen molar-refractivity contribution >= 4 is 22.7 Å². The Kier molecular flexibility index (Phi) is 4.06. The van der Waals surface area contributed by atoms with E-state index in [4.69, 9.17) is 4.74 Å². The average molecular weight is 306 g/mol. The summed E-state index contributed by atoms with van der Waals surface area (Å²) in [6.45, 7) is 0.0992. The van der Waals surface area contributed by atoms with Gasteiger partial charge in [0.2, 0.25) is 0 Å². The topological polar surface area (TPSA) is 63.6 Å². The van der Waals surface area contributed by atoms with Crippen molar-refractivity contribution < 1.29 is 19.4 Å². The highest BCUT2D eigenvalue weighted by Gasteiger charge is 2.21. The molecule has 4 heteroatoms. The van der Waals surface area contributed by atoms with E-state index in [9.17, 15) is 14.7 Å². The summed E-state index contributed by atoms with van der Waals surface area (Å²) in [6.07, 6.45) is 0. The van der Waals surface area contributed by atoms with Gasteiger partial charge < -0.3 is 9.84 Å². The molecule has 0 radical (unpaired) electrons. The molecule has 0 amide bonds. The molecule has 1 N–H and O–H groups in total. The van der Waals surface area contributed by atoms with Crippen molar-refractivity contribution in [3.8, 4) is 0 Å². The minimum absolute atomic E-state index is 0.0539. The molecule has 0 saturated carbocycles. The first kappa shape index (κ1) is 14.8. The molecule has 0 aromatic heterocycles. The minimum Gasteiger partial charge on any atom is -0.478 e. The SMILES string of the molecule is O=C(O)c1ccc2ccccc2c1C(=O)OCc1ccccc1. The van der Waals surface area contributed by atoms with E-state index in [1.807, 2.05) is 42.5 Å². The standard InChI is InChI=1S/C19H14O4/c20-18(21)16-11-10-14-8-4-5-9-15(14)17(16)19(22)23-12-13-6-2-1-3-7-13/h1-11H,12H2,(H,20,21). The van der Waals surface area contributed by atoms with Gasteiger partial charge in [0.05, 0.1) is 11.1 Å². The molecule has 0 bridgehead atoms. The fraction of sp³-hybridized carbons (Fsp3) is 0.0526. The summed E-state index contributed by atoms with van der Waals surface area (Å²) >= 11 is 0. The zero-order chi connectivity index (χ0) is 16.2. The Balaban J connectivity index is 1.98. The summed E-state index contributed by atoms with van der Waals surface area (Å²) in [4.78, 5) is 23.9. The lowest BCUT2D eigenvalue weighted by Gasteiger charge is -2.10. The van der Waals surface area contributed by atoms with Crippen molar-refractivity contribution in [3.63, 3.8) is 0 Å². The smallest absolute Gasteiger partial charge is 0.339 e. The molecule has 114 valence electrons. The van der Waals surface area contributed by atoms with Crippen LogP contribution in [0.2, 0.25) is 0 Å². The first-order chi connectivity index (χ1) is 11.2. The number of ether oxygens (including phenoxy) is 1. The molecule has 3 aromatic carbocycles. The summed E-state index contributed by atoms with van der Waals surface area (Å²) in [6, 6.07) is 19.5. The molecule has 0 saturated heterocycles. The molecule has 4 nitrogen and oxygen atoms in total. The second kappa shape index (κ2) is 6.32. The largest absolute Gasteiger partial charge is 0.478 e. The van der Waals surface area contributed by atoms with Crippen molar-refractivity contribution in [3.05, 3.63) is 83.4 Å². The molecule has 0 heterocycles. The number of aromatic carboxylic acids is 1. The normalized spacial score (nSPS) is 10.4. The lowest BCUT2D eigenvalue weighted by Crippen LogP contribution is -2.12. The highest BCUT2D eigenvalue weighted by atomic mass is 16.5. The number of carboxylic acid groups (broad SMARTS) is 1. The molecule has 23 heavy (non-hydrogen) atoms. The molecule has 0 aliphatic heterocycles.